The van der Waals surface area contributed by atoms with Crippen molar-refractivity contribution in [3.8, 4) is 5.75 Å². The number of nitrogens with zero attached hydrogens (tertiary/aromatic N) is 1. The number of carbonyl (C=O) groups excluding carboxylic acids is 1. The summed E-state index contributed by atoms with van der Waals surface area (Å²) in [5.41, 5.74) is 1.63. The minimum Gasteiger partial charge on any atom is -0.508 e. The maximum Gasteiger partial charge on any atom is 0.410 e. The Balaban J connectivity index is 2.25. The highest BCUT2D eigenvalue weighted by Gasteiger charge is 2.33. The fourth-order valence-corrected chi connectivity index (χ4v) is 2.83. The van der Waals surface area contributed by atoms with E-state index in [-0.39, 0.29) is 17.3 Å². The van der Waals surface area contributed by atoms with E-state index in [4.69, 9.17) is 4.74 Å². The highest BCUT2D eigenvalue weighted by Crippen LogP contribution is 2.33. The molecule has 4 nitrogen and oxygen atoms in total. The first kappa shape index (κ1) is 15.7. The Morgan fingerprint density at radius 2 is 2.00 bits per heavy atom. The van der Waals surface area contributed by atoms with Crippen LogP contribution in [0.15, 0.2) is 18.2 Å². The highest BCUT2D eigenvalue weighted by atomic mass is 16.6. The summed E-state index contributed by atoms with van der Waals surface area (Å²) in [4.78, 5) is 14.1. The number of rotatable bonds is 0. The molecule has 1 N–H and O–H groups in total. The molecule has 0 spiro atoms. The number of phenols is 1. The zero-order valence-electron chi connectivity index (χ0n) is 13.6. The van der Waals surface area contributed by atoms with Crippen LogP contribution in [0.25, 0.3) is 0 Å². The van der Waals surface area contributed by atoms with Crippen molar-refractivity contribution in [3.63, 3.8) is 0 Å². The van der Waals surface area contributed by atoms with Crippen molar-refractivity contribution >= 4 is 6.09 Å². The van der Waals surface area contributed by atoms with E-state index in [1.54, 1.807) is 17.0 Å². The van der Waals surface area contributed by atoms with Crippen LogP contribution in [0.2, 0.25) is 0 Å². The lowest BCUT2D eigenvalue weighted by molar-refractivity contribution is 0.0225. The summed E-state index contributed by atoms with van der Waals surface area (Å²) < 4.78 is 5.49. The number of carbonyl (C=O) groups is 1. The predicted octanol–water partition coefficient (Wildman–Crippen LogP) is 3.46. The zero-order chi connectivity index (χ0) is 15.8. The molecule has 0 bridgehead atoms. The number of aromatic hydroxyl groups is 1. The van der Waals surface area contributed by atoms with E-state index < -0.39 is 5.60 Å². The molecule has 1 aliphatic heterocycles. The molecule has 4 heteroatoms. The monoisotopic (exact) mass is 291 g/mol. The lowest BCUT2D eigenvalue weighted by Gasteiger charge is -2.32. The van der Waals surface area contributed by atoms with Crippen LogP contribution >= 0.6 is 0 Å². The van der Waals surface area contributed by atoms with Gasteiger partial charge in [0, 0.05) is 18.5 Å². The number of ether oxygens (including phenoxy) is 1. The largest absolute Gasteiger partial charge is 0.508 e. The van der Waals surface area contributed by atoms with Gasteiger partial charge < -0.3 is 14.7 Å². The molecule has 1 aromatic carbocycles. The Labute approximate surface area is 126 Å². The maximum atomic E-state index is 12.3. The lowest BCUT2D eigenvalue weighted by atomic mass is 9.82. The minimum absolute atomic E-state index is 0.170. The molecule has 0 radical (unpaired) electrons. The van der Waals surface area contributed by atoms with Crippen molar-refractivity contribution in [2.24, 2.45) is 0 Å². The number of benzene rings is 1. The van der Waals surface area contributed by atoms with Crippen molar-refractivity contribution < 1.29 is 14.6 Å². The van der Waals surface area contributed by atoms with Crippen molar-refractivity contribution in [1.29, 1.82) is 0 Å². The first-order chi connectivity index (χ1) is 9.58. The van der Waals surface area contributed by atoms with E-state index in [0.29, 0.717) is 13.1 Å². The van der Waals surface area contributed by atoms with Crippen LogP contribution in [-0.4, -0.2) is 34.8 Å². The van der Waals surface area contributed by atoms with Gasteiger partial charge in [0.25, 0.3) is 0 Å². The molecule has 0 aromatic heterocycles. The first-order valence-corrected chi connectivity index (χ1v) is 7.39. The third kappa shape index (κ3) is 3.69. The number of amides is 1. The van der Waals surface area contributed by atoms with Crippen molar-refractivity contribution in [3.05, 3.63) is 29.3 Å². The molecule has 116 valence electrons. The van der Waals surface area contributed by atoms with E-state index in [1.165, 1.54) is 5.56 Å². The Kier molecular flexibility index (Phi) is 3.91. The van der Waals surface area contributed by atoms with Gasteiger partial charge in [0.2, 0.25) is 0 Å². The molecule has 0 atom stereocenters. The topological polar surface area (TPSA) is 49.8 Å². The summed E-state index contributed by atoms with van der Waals surface area (Å²) in [6, 6.07) is 5.47. The van der Waals surface area contributed by atoms with Crippen LogP contribution in [0.5, 0.6) is 5.75 Å². The molecule has 1 aliphatic rings. The van der Waals surface area contributed by atoms with Gasteiger partial charge in [-0.2, -0.15) is 0 Å². The first-order valence-electron chi connectivity index (χ1n) is 7.39. The van der Waals surface area contributed by atoms with Crippen LogP contribution in [0.4, 0.5) is 4.79 Å². The van der Waals surface area contributed by atoms with Gasteiger partial charge in [-0.05, 0) is 50.5 Å². The fraction of sp³-hybridized carbons (Fsp3) is 0.588. The van der Waals surface area contributed by atoms with Crippen LogP contribution in [0.3, 0.4) is 0 Å². The number of fused-ring (bicyclic) bond motifs is 1. The van der Waals surface area contributed by atoms with Crippen LogP contribution in [0.1, 0.15) is 45.7 Å². The molecule has 2 rings (SSSR count). The molecule has 0 unspecified atom stereocenters. The van der Waals surface area contributed by atoms with Gasteiger partial charge >= 0.3 is 6.09 Å². The molecule has 21 heavy (non-hydrogen) atoms. The summed E-state index contributed by atoms with van der Waals surface area (Å²) >= 11 is 0. The third-order valence-electron chi connectivity index (χ3n) is 3.71. The van der Waals surface area contributed by atoms with E-state index in [9.17, 15) is 9.90 Å². The Hall–Kier alpha value is -1.71. The number of hydrogen-bond donors (Lipinski definition) is 1. The fourth-order valence-electron chi connectivity index (χ4n) is 2.83. The Morgan fingerprint density at radius 1 is 1.33 bits per heavy atom. The van der Waals surface area contributed by atoms with Crippen LogP contribution in [0, 0.1) is 0 Å². The van der Waals surface area contributed by atoms with Gasteiger partial charge in [-0.3, -0.25) is 0 Å². The maximum absolute atomic E-state index is 12.3. The quantitative estimate of drug-likeness (QED) is 0.796. The summed E-state index contributed by atoms with van der Waals surface area (Å²) in [6.45, 7) is 11.1. The summed E-state index contributed by atoms with van der Waals surface area (Å²) in [5, 5.41) is 9.67. The van der Waals surface area contributed by atoms with Gasteiger partial charge in [-0.15, -0.1) is 0 Å². The van der Waals surface area contributed by atoms with Crippen molar-refractivity contribution in [2.45, 2.75) is 52.1 Å². The van der Waals surface area contributed by atoms with E-state index in [0.717, 1.165) is 12.0 Å². The van der Waals surface area contributed by atoms with Gasteiger partial charge in [0.15, 0.2) is 0 Å². The molecule has 0 saturated carbocycles. The SMILES string of the molecule is CC(C)(C)OC(=O)N1CCc2cc(O)ccc2C(C)(C)C1. The van der Waals surface area contributed by atoms with E-state index in [1.807, 2.05) is 26.8 Å². The van der Waals surface area contributed by atoms with Crippen LogP contribution in [-0.2, 0) is 16.6 Å². The Bertz CT molecular complexity index is 543. The highest BCUT2D eigenvalue weighted by molar-refractivity contribution is 5.68. The van der Waals surface area contributed by atoms with Crippen molar-refractivity contribution in [1.82, 2.24) is 4.90 Å². The molecule has 0 aliphatic carbocycles. The summed E-state index contributed by atoms with van der Waals surface area (Å²) in [6.07, 6.45) is 0.458. The molecular weight excluding hydrogens is 266 g/mol. The molecular formula is C17H25NO3. The second-order valence-corrected chi connectivity index (χ2v) is 7.38. The van der Waals surface area contributed by atoms with Crippen molar-refractivity contribution in [2.75, 3.05) is 13.1 Å². The second-order valence-electron chi connectivity index (χ2n) is 7.38. The molecule has 1 amide bonds. The smallest absolute Gasteiger partial charge is 0.410 e. The lowest BCUT2D eigenvalue weighted by Crippen LogP contribution is -2.42. The van der Waals surface area contributed by atoms with Gasteiger partial charge in [-0.25, -0.2) is 4.79 Å². The average molecular weight is 291 g/mol. The second kappa shape index (κ2) is 5.24. The molecule has 0 saturated heterocycles. The molecule has 1 aromatic rings. The van der Waals surface area contributed by atoms with Gasteiger partial charge in [0.05, 0.1) is 0 Å². The van der Waals surface area contributed by atoms with Crippen LogP contribution < -0.4 is 0 Å². The number of hydrogen-bond acceptors (Lipinski definition) is 3. The number of phenolic OH excluding ortho intramolecular Hbond substituents is 1. The van der Waals surface area contributed by atoms with E-state index >= 15 is 0 Å². The molecule has 0 fully saturated rings. The van der Waals surface area contributed by atoms with E-state index in [2.05, 4.69) is 13.8 Å². The normalized spacial score (nSPS) is 17.9. The standard InChI is InChI=1S/C17H25NO3/c1-16(2,3)21-15(20)18-9-8-12-10-13(19)6-7-14(12)17(4,5)11-18/h6-7,10,19H,8-9,11H2,1-5H3. The average Bonchev–Trinajstić information content (AvgIpc) is 2.43. The summed E-state index contributed by atoms with van der Waals surface area (Å²) in [5.74, 6) is 0.273. The van der Waals surface area contributed by atoms with Gasteiger partial charge in [-0.1, -0.05) is 19.9 Å². The molecule has 1 heterocycles. The third-order valence-corrected chi connectivity index (χ3v) is 3.71. The van der Waals surface area contributed by atoms with Gasteiger partial charge in [0.1, 0.15) is 11.4 Å². The zero-order valence-corrected chi connectivity index (χ0v) is 13.6. The predicted molar refractivity (Wildman–Crippen MR) is 82.6 cm³/mol. The summed E-state index contributed by atoms with van der Waals surface area (Å²) in [7, 11) is 0. The minimum atomic E-state index is -0.487. The Morgan fingerprint density at radius 3 is 2.62 bits per heavy atom.